The number of nitrogens with one attached hydrogen (secondary N) is 1. The van der Waals surface area contributed by atoms with Gasteiger partial charge >= 0.3 is 6.09 Å². The molecule has 2 amide bonds. The number of hydrogen-bond acceptors (Lipinski definition) is 12. The van der Waals surface area contributed by atoms with Gasteiger partial charge in [0.15, 0.2) is 0 Å². The lowest BCUT2D eigenvalue weighted by atomic mass is 9.55. The van der Waals surface area contributed by atoms with E-state index in [-0.39, 0.29) is 82.2 Å². The maximum atomic E-state index is 14.6. The molecule has 1 unspecified atom stereocenters. The van der Waals surface area contributed by atoms with Gasteiger partial charge in [-0.3, -0.25) is 4.79 Å². The zero-order valence-electron chi connectivity index (χ0n) is 35.9. The molecule has 0 radical (unpaired) electrons. The molecule has 5 aliphatic rings. The lowest BCUT2D eigenvalue weighted by Gasteiger charge is -2.60. The highest BCUT2D eigenvalue weighted by molar-refractivity contribution is 6.03. The summed E-state index contributed by atoms with van der Waals surface area (Å²) < 4.78 is 32.1. The zero-order chi connectivity index (χ0) is 43.3. The molecule has 0 aromatic heterocycles. The third-order valence-electron chi connectivity index (χ3n) is 12.9. The van der Waals surface area contributed by atoms with Crippen LogP contribution < -0.4 is 14.8 Å². The second-order valence-corrected chi connectivity index (χ2v) is 17.0. The van der Waals surface area contributed by atoms with Crippen molar-refractivity contribution in [2.75, 3.05) is 52.8 Å². The highest BCUT2D eigenvalue weighted by atomic mass is 16.8. The SMILES string of the molecule is C=CCO[C@@]12Oc3ccc(OC(=O)NCc4ccccc4)cc3[C@H]3[C@H](CCCCO)[C@@H](CCCCO)C=C(C(=NOC4CCCCO4)C[C@@H]1N(CCOCCO)C(=O)C1CC1)[C@H]32. The Morgan fingerprint density at radius 2 is 1.77 bits per heavy atom. The van der Waals surface area contributed by atoms with E-state index in [1.54, 1.807) is 12.1 Å². The molecule has 2 aliphatic heterocycles. The minimum atomic E-state index is -1.43. The second kappa shape index (κ2) is 22.4. The third kappa shape index (κ3) is 10.9. The van der Waals surface area contributed by atoms with Crippen LogP contribution in [-0.2, 0) is 30.4 Å². The normalized spacial score (nSPS) is 27.0. The lowest BCUT2D eigenvalue weighted by Crippen LogP contribution is -2.70. The van der Waals surface area contributed by atoms with Crippen molar-refractivity contribution in [1.82, 2.24) is 10.2 Å². The number of nitrogens with zero attached hydrogens (tertiary/aromatic N) is 2. The summed E-state index contributed by atoms with van der Waals surface area (Å²) in [6.07, 6.45) is 11.8. The molecule has 338 valence electrons. The molecule has 7 rings (SSSR count). The monoisotopic (exact) mass is 859 g/mol. The Balaban J connectivity index is 1.37. The van der Waals surface area contributed by atoms with Gasteiger partial charge in [0, 0.05) is 56.5 Å². The number of amides is 2. The number of allylic oxidation sites excluding steroid dienone is 1. The van der Waals surface area contributed by atoms with Crippen LogP contribution in [0, 0.1) is 23.7 Å². The first-order chi connectivity index (χ1) is 30.4. The van der Waals surface area contributed by atoms with Crippen LogP contribution in [0.15, 0.2) is 78.0 Å². The minimum Gasteiger partial charge on any atom is -0.459 e. The van der Waals surface area contributed by atoms with E-state index in [2.05, 4.69) is 18.0 Å². The van der Waals surface area contributed by atoms with Gasteiger partial charge in [0.05, 0.1) is 44.7 Å². The average Bonchev–Trinajstić information content (AvgIpc) is 4.15. The van der Waals surface area contributed by atoms with Crippen molar-refractivity contribution in [1.29, 1.82) is 0 Å². The molecular weight excluding hydrogens is 795 g/mol. The first-order valence-electron chi connectivity index (χ1n) is 22.7. The zero-order valence-corrected chi connectivity index (χ0v) is 35.9. The number of aliphatic hydroxyl groups excluding tert-OH is 3. The van der Waals surface area contributed by atoms with E-state index < -0.39 is 30.1 Å². The molecular formula is C48H65N3O11. The first-order valence-corrected chi connectivity index (χ1v) is 22.7. The van der Waals surface area contributed by atoms with Crippen molar-refractivity contribution in [3.05, 3.63) is 84.0 Å². The van der Waals surface area contributed by atoms with Crippen molar-refractivity contribution in [3.63, 3.8) is 0 Å². The van der Waals surface area contributed by atoms with Gasteiger partial charge in [0.25, 0.3) is 0 Å². The Bertz CT molecular complexity index is 1850. The van der Waals surface area contributed by atoms with E-state index in [9.17, 15) is 24.9 Å². The Morgan fingerprint density at radius 3 is 2.50 bits per heavy atom. The number of hydrogen-bond donors (Lipinski definition) is 4. The van der Waals surface area contributed by atoms with Crippen LogP contribution in [0.25, 0.3) is 0 Å². The molecule has 2 aromatic rings. The predicted molar refractivity (Wildman–Crippen MR) is 231 cm³/mol. The number of fused-ring (bicyclic) bond motifs is 2. The fourth-order valence-electron chi connectivity index (χ4n) is 9.86. The van der Waals surface area contributed by atoms with Crippen LogP contribution in [0.2, 0.25) is 0 Å². The highest BCUT2D eigenvalue weighted by Crippen LogP contribution is 2.62. The van der Waals surface area contributed by atoms with Gasteiger partial charge in [0.1, 0.15) is 17.5 Å². The molecule has 3 fully saturated rings. The quantitative estimate of drug-likeness (QED) is 0.0554. The standard InChI is InChI=1S/C48H65N3O11/c1-2-25-59-48-42(51(21-27-57-28-24-54)46(55)34-17-18-34)31-40(50-62-43-16-8-11-26-58-43)38-29-35(14-6-9-22-52)37(15-7-10-23-53)44(45(38)48)39-30-36(19-20-41(39)61-48)60-47(56)49-32-33-12-4-3-5-13-33/h2-5,12-13,19-20,29-30,34-35,37,42-45,52-54H,1,6-11,14-18,21-28,31-32H2,(H,49,56)/t35-,37+,42-,43?,44+,45+,48+/m0/s1. The molecule has 14 nitrogen and oxygen atoms in total. The van der Waals surface area contributed by atoms with Crippen LogP contribution in [0.1, 0.15) is 94.1 Å². The number of benzene rings is 2. The largest absolute Gasteiger partial charge is 0.459 e. The van der Waals surface area contributed by atoms with Gasteiger partial charge < -0.3 is 54.1 Å². The summed E-state index contributed by atoms with van der Waals surface area (Å²) in [5.74, 6) is -1.46. The van der Waals surface area contributed by atoms with Crippen molar-refractivity contribution < 1.29 is 53.4 Å². The van der Waals surface area contributed by atoms with Crippen LogP contribution in [-0.4, -0.2) is 109 Å². The molecule has 14 heteroatoms. The average molecular weight is 860 g/mol. The van der Waals surface area contributed by atoms with Gasteiger partial charge in [-0.1, -0.05) is 60.5 Å². The summed E-state index contributed by atoms with van der Waals surface area (Å²) in [6.45, 7) is 5.63. The number of unbranched alkanes of at least 4 members (excludes halogenated alkanes) is 2. The Labute approximate surface area is 365 Å². The molecule has 1 saturated heterocycles. The van der Waals surface area contributed by atoms with Gasteiger partial charge in [0.2, 0.25) is 18.0 Å². The Hall–Kier alpha value is -4.31. The number of ether oxygens (including phenoxy) is 5. The topological polar surface area (TPSA) is 178 Å². The highest BCUT2D eigenvalue weighted by Gasteiger charge is 2.66. The Kier molecular flexibility index (Phi) is 16.5. The Morgan fingerprint density at radius 1 is 0.968 bits per heavy atom. The summed E-state index contributed by atoms with van der Waals surface area (Å²) in [6, 6.07) is 14.4. The maximum absolute atomic E-state index is 14.6. The predicted octanol–water partition coefficient (Wildman–Crippen LogP) is 6.38. The van der Waals surface area contributed by atoms with E-state index in [0.717, 1.165) is 68.1 Å². The fourth-order valence-corrected chi connectivity index (χ4v) is 9.86. The maximum Gasteiger partial charge on any atom is 0.412 e. The summed E-state index contributed by atoms with van der Waals surface area (Å²) >= 11 is 0. The smallest absolute Gasteiger partial charge is 0.412 e. The first kappa shape index (κ1) is 45.7. The van der Waals surface area contributed by atoms with Gasteiger partial charge in [-0.15, -0.1) is 6.58 Å². The summed E-state index contributed by atoms with van der Waals surface area (Å²) in [7, 11) is 0. The van der Waals surface area contributed by atoms with E-state index in [1.807, 2.05) is 47.4 Å². The summed E-state index contributed by atoms with van der Waals surface area (Å²) in [5.41, 5.74) is 3.38. The van der Waals surface area contributed by atoms with Crippen LogP contribution in [0.3, 0.4) is 0 Å². The van der Waals surface area contributed by atoms with Gasteiger partial charge in [-0.25, -0.2) is 4.79 Å². The molecule has 3 aliphatic carbocycles. The number of rotatable bonds is 23. The molecule has 7 atom stereocenters. The number of aliphatic hydroxyl groups is 3. The fraction of sp³-hybridized carbons (Fsp3) is 0.604. The molecule has 2 heterocycles. The van der Waals surface area contributed by atoms with Gasteiger partial charge in [-0.05, 0) is 92.5 Å². The van der Waals surface area contributed by atoms with Crippen molar-refractivity contribution in [2.45, 2.75) is 108 Å². The van der Waals surface area contributed by atoms with Crippen LogP contribution >= 0.6 is 0 Å². The molecule has 2 saturated carbocycles. The third-order valence-corrected chi connectivity index (χ3v) is 12.9. The molecule has 0 bridgehead atoms. The van der Waals surface area contributed by atoms with E-state index in [4.69, 9.17) is 33.7 Å². The van der Waals surface area contributed by atoms with Crippen molar-refractivity contribution in [3.8, 4) is 11.5 Å². The van der Waals surface area contributed by atoms with Crippen molar-refractivity contribution in [2.24, 2.45) is 28.8 Å². The molecule has 62 heavy (non-hydrogen) atoms. The summed E-state index contributed by atoms with van der Waals surface area (Å²) in [5, 5.41) is 37.2. The van der Waals surface area contributed by atoms with Gasteiger partial charge in [-0.2, -0.15) is 0 Å². The summed E-state index contributed by atoms with van der Waals surface area (Å²) in [4.78, 5) is 35.9. The molecule has 4 N–H and O–H groups in total. The molecule has 0 spiro atoms. The molecule has 2 aromatic carbocycles. The van der Waals surface area contributed by atoms with E-state index in [1.165, 1.54) is 0 Å². The lowest BCUT2D eigenvalue weighted by molar-refractivity contribution is -0.258. The number of carbonyl (C=O) groups excluding carboxylic acids is 2. The minimum absolute atomic E-state index is 0.00595. The van der Waals surface area contributed by atoms with Crippen LogP contribution in [0.5, 0.6) is 11.5 Å². The van der Waals surface area contributed by atoms with E-state index in [0.29, 0.717) is 49.6 Å². The van der Waals surface area contributed by atoms with Crippen molar-refractivity contribution >= 4 is 17.7 Å². The second-order valence-electron chi connectivity index (χ2n) is 17.0. The number of oxime groups is 1. The van der Waals surface area contributed by atoms with E-state index >= 15 is 0 Å². The number of carbonyl (C=O) groups is 2. The van der Waals surface area contributed by atoms with Crippen LogP contribution in [0.4, 0.5) is 4.79 Å².